The molecule has 5 nitrogen and oxygen atoms in total. The third-order valence-corrected chi connectivity index (χ3v) is 4.55. The Bertz CT molecular complexity index is 729. The minimum atomic E-state index is -0.971. The molecule has 2 aromatic rings. The maximum absolute atomic E-state index is 11.3. The van der Waals surface area contributed by atoms with Gasteiger partial charge in [0.1, 0.15) is 6.10 Å². The van der Waals surface area contributed by atoms with Crippen molar-refractivity contribution in [2.24, 2.45) is 0 Å². The van der Waals surface area contributed by atoms with Gasteiger partial charge in [0.05, 0.1) is 11.6 Å². The summed E-state index contributed by atoms with van der Waals surface area (Å²) >= 11 is 0. The van der Waals surface area contributed by atoms with E-state index in [1.54, 1.807) is 0 Å². The lowest BCUT2D eigenvalue weighted by Gasteiger charge is -2.27. The van der Waals surface area contributed by atoms with Crippen LogP contribution in [0.1, 0.15) is 35.8 Å². The zero-order chi connectivity index (χ0) is 15.9. The lowest BCUT2D eigenvalue weighted by molar-refractivity contribution is 0.0684. The number of carboxylic acid groups (broad SMARTS) is 1. The number of amides is 1. The zero-order valence-electron chi connectivity index (χ0n) is 12.8. The number of likely N-dealkylation sites (tertiary alicyclic amines) is 1. The van der Waals surface area contributed by atoms with E-state index in [4.69, 9.17) is 0 Å². The molecular formula is C17H20N2O3. The second kappa shape index (κ2) is 5.57. The molecule has 5 heteroatoms. The molecule has 116 valence electrons. The summed E-state index contributed by atoms with van der Waals surface area (Å²) in [5, 5.41) is 21.0. The number of aryl methyl sites for hydroxylation is 2. The molecule has 2 N–H and O–H groups in total. The first-order valence-electron chi connectivity index (χ1n) is 7.53. The van der Waals surface area contributed by atoms with Crippen molar-refractivity contribution in [3.63, 3.8) is 0 Å². The number of aliphatic hydroxyl groups is 1. The van der Waals surface area contributed by atoms with Crippen LogP contribution in [0.3, 0.4) is 0 Å². The van der Waals surface area contributed by atoms with Crippen molar-refractivity contribution in [2.45, 2.75) is 38.8 Å². The van der Waals surface area contributed by atoms with Gasteiger partial charge in [-0.3, -0.25) is 4.98 Å². The lowest BCUT2D eigenvalue weighted by Crippen LogP contribution is -2.38. The van der Waals surface area contributed by atoms with Gasteiger partial charge < -0.3 is 15.1 Å². The third kappa shape index (κ3) is 2.41. The number of rotatable bonds is 2. The van der Waals surface area contributed by atoms with E-state index in [1.807, 2.05) is 32.0 Å². The molecule has 22 heavy (non-hydrogen) atoms. The van der Waals surface area contributed by atoms with Crippen LogP contribution in [0, 0.1) is 13.8 Å². The molecule has 0 saturated carbocycles. The summed E-state index contributed by atoms with van der Waals surface area (Å²) in [7, 11) is 0. The van der Waals surface area contributed by atoms with E-state index < -0.39 is 18.2 Å². The molecule has 1 aliphatic rings. The Kier molecular flexibility index (Phi) is 3.74. The lowest BCUT2D eigenvalue weighted by atomic mass is 9.97. The molecular weight excluding hydrogens is 280 g/mol. The van der Waals surface area contributed by atoms with Crippen molar-refractivity contribution in [2.75, 3.05) is 6.54 Å². The third-order valence-electron chi connectivity index (χ3n) is 4.55. The highest BCUT2D eigenvalue weighted by Crippen LogP contribution is 2.33. The van der Waals surface area contributed by atoms with Crippen LogP contribution in [-0.2, 0) is 0 Å². The topological polar surface area (TPSA) is 73.7 Å². The molecule has 1 amide bonds. The molecule has 1 aliphatic heterocycles. The second-order valence-electron chi connectivity index (χ2n) is 5.94. The Balaban J connectivity index is 2.06. The number of aliphatic hydroxyl groups excluding tert-OH is 1. The Morgan fingerprint density at radius 2 is 2.18 bits per heavy atom. The highest BCUT2D eigenvalue weighted by atomic mass is 16.4. The monoisotopic (exact) mass is 300 g/mol. The van der Waals surface area contributed by atoms with Gasteiger partial charge >= 0.3 is 6.09 Å². The first-order chi connectivity index (χ1) is 10.5. The van der Waals surface area contributed by atoms with E-state index in [2.05, 4.69) is 11.1 Å². The van der Waals surface area contributed by atoms with Gasteiger partial charge in [-0.05, 0) is 38.3 Å². The van der Waals surface area contributed by atoms with Crippen LogP contribution in [0.2, 0.25) is 0 Å². The van der Waals surface area contributed by atoms with Crippen LogP contribution in [0.25, 0.3) is 10.9 Å². The quantitative estimate of drug-likeness (QED) is 0.894. The average Bonchev–Trinajstić information content (AvgIpc) is 2.97. The van der Waals surface area contributed by atoms with Gasteiger partial charge in [0.25, 0.3) is 0 Å². The van der Waals surface area contributed by atoms with Crippen LogP contribution in [0.15, 0.2) is 24.3 Å². The Morgan fingerprint density at radius 1 is 1.41 bits per heavy atom. The number of hydrogen-bond acceptors (Lipinski definition) is 3. The molecule has 2 atom stereocenters. The summed E-state index contributed by atoms with van der Waals surface area (Å²) in [4.78, 5) is 17.3. The van der Waals surface area contributed by atoms with Crippen LogP contribution in [-0.4, -0.2) is 38.8 Å². The van der Waals surface area contributed by atoms with Crippen LogP contribution in [0.5, 0.6) is 0 Å². The molecule has 0 radical (unpaired) electrons. The first kappa shape index (κ1) is 14.8. The van der Waals surface area contributed by atoms with Crippen molar-refractivity contribution >= 4 is 17.0 Å². The van der Waals surface area contributed by atoms with Gasteiger partial charge in [0, 0.05) is 23.2 Å². The summed E-state index contributed by atoms with van der Waals surface area (Å²) in [5.74, 6) is 0. The summed E-state index contributed by atoms with van der Waals surface area (Å²) in [6.45, 7) is 4.43. The van der Waals surface area contributed by atoms with E-state index in [1.165, 1.54) is 4.90 Å². The van der Waals surface area contributed by atoms with Gasteiger partial charge in [-0.2, -0.15) is 0 Å². The van der Waals surface area contributed by atoms with Crippen molar-refractivity contribution in [1.82, 2.24) is 9.88 Å². The van der Waals surface area contributed by atoms with Crippen molar-refractivity contribution in [3.8, 4) is 0 Å². The maximum atomic E-state index is 11.3. The molecule has 3 rings (SSSR count). The van der Waals surface area contributed by atoms with Crippen LogP contribution < -0.4 is 0 Å². The fourth-order valence-electron chi connectivity index (χ4n) is 3.22. The fourth-order valence-corrected chi connectivity index (χ4v) is 3.22. The fraction of sp³-hybridized carbons (Fsp3) is 0.412. The number of hydrogen-bond donors (Lipinski definition) is 2. The van der Waals surface area contributed by atoms with E-state index in [-0.39, 0.29) is 0 Å². The minimum Gasteiger partial charge on any atom is -0.465 e. The van der Waals surface area contributed by atoms with Gasteiger partial charge in [-0.25, -0.2) is 4.79 Å². The smallest absolute Gasteiger partial charge is 0.407 e. The number of para-hydroxylation sites is 1. The normalized spacial score (nSPS) is 19.6. The summed E-state index contributed by atoms with van der Waals surface area (Å²) < 4.78 is 0. The number of pyridine rings is 1. The highest BCUT2D eigenvalue weighted by Gasteiger charge is 2.35. The average molecular weight is 300 g/mol. The van der Waals surface area contributed by atoms with Crippen molar-refractivity contribution < 1.29 is 15.0 Å². The Hall–Kier alpha value is -2.14. The SMILES string of the molecule is Cc1cc2cccc([C@H](O)[C@H]3CCCN3C(=O)O)c2nc1C. The number of benzene rings is 1. The predicted octanol–water partition coefficient (Wildman–Crippen LogP) is 3.03. The molecule has 2 heterocycles. The van der Waals surface area contributed by atoms with Gasteiger partial charge in [0.15, 0.2) is 0 Å². The standard InChI is InChI=1S/C17H20N2O3/c1-10-9-12-5-3-6-13(15(12)18-11(10)2)16(20)14-7-4-8-19(14)17(21)22/h3,5-6,9,14,16,20H,4,7-8H2,1-2H3,(H,21,22)/t14-,16+/m1/s1. The molecule has 1 fully saturated rings. The van der Waals surface area contributed by atoms with Gasteiger partial charge in [-0.15, -0.1) is 0 Å². The van der Waals surface area contributed by atoms with E-state index in [9.17, 15) is 15.0 Å². The molecule has 0 unspecified atom stereocenters. The number of carbonyl (C=O) groups is 1. The minimum absolute atomic E-state index is 0.397. The van der Waals surface area contributed by atoms with Gasteiger partial charge in [0.2, 0.25) is 0 Å². The van der Waals surface area contributed by atoms with Crippen LogP contribution >= 0.6 is 0 Å². The molecule has 1 saturated heterocycles. The first-order valence-corrected chi connectivity index (χ1v) is 7.53. The molecule has 1 aromatic heterocycles. The van der Waals surface area contributed by atoms with E-state index in [0.717, 1.165) is 28.6 Å². The van der Waals surface area contributed by atoms with E-state index in [0.29, 0.717) is 18.5 Å². The van der Waals surface area contributed by atoms with Crippen molar-refractivity contribution in [3.05, 3.63) is 41.1 Å². The number of aromatic nitrogens is 1. The van der Waals surface area contributed by atoms with Crippen molar-refractivity contribution in [1.29, 1.82) is 0 Å². The maximum Gasteiger partial charge on any atom is 0.407 e. The Labute approximate surface area is 129 Å². The predicted molar refractivity (Wildman–Crippen MR) is 83.9 cm³/mol. The zero-order valence-corrected chi connectivity index (χ0v) is 12.8. The summed E-state index contributed by atoms with van der Waals surface area (Å²) in [5.41, 5.74) is 3.50. The largest absolute Gasteiger partial charge is 0.465 e. The van der Waals surface area contributed by atoms with Gasteiger partial charge in [-0.1, -0.05) is 18.2 Å². The molecule has 1 aromatic carbocycles. The van der Waals surface area contributed by atoms with Crippen LogP contribution in [0.4, 0.5) is 4.79 Å². The highest BCUT2D eigenvalue weighted by molar-refractivity contribution is 5.83. The summed E-state index contributed by atoms with van der Waals surface area (Å²) in [6, 6.07) is 7.35. The Morgan fingerprint density at radius 3 is 2.91 bits per heavy atom. The molecule has 0 spiro atoms. The number of fused-ring (bicyclic) bond motifs is 1. The van der Waals surface area contributed by atoms with E-state index >= 15 is 0 Å². The molecule has 0 bridgehead atoms. The number of nitrogens with zero attached hydrogens (tertiary/aromatic N) is 2. The molecule has 0 aliphatic carbocycles. The summed E-state index contributed by atoms with van der Waals surface area (Å²) in [6.07, 6.45) is -0.363. The second-order valence-corrected chi connectivity index (χ2v) is 5.94.